The maximum atomic E-state index is 4.59. The van der Waals surface area contributed by atoms with Gasteiger partial charge in [0.2, 0.25) is 0 Å². The summed E-state index contributed by atoms with van der Waals surface area (Å²) in [7, 11) is 0. The number of fused-ring (bicyclic) bond motifs is 1. The Hall–Kier alpha value is -1.99. The number of nitrogens with one attached hydrogen (secondary N) is 1. The largest absolute Gasteiger partial charge is 0.355 e. The summed E-state index contributed by atoms with van der Waals surface area (Å²) in [5.74, 6) is 1.11. The summed E-state index contributed by atoms with van der Waals surface area (Å²) in [6.45, 7) is 7.44. The molecule has 0 saturated carbocycles. The molecule has 138 valence electrons. The van der Waals surface area contributed by atoms with Gasteiger partial charge in [-0.15, -0.1) is 11.3 Å². The number of rotatable bonds is 6. The summed E-state index contributed by atoms with van der Waals surface area (Å²) in [5, 5.41) is 6.03. The van der Waals surface area contributed by atoms with E-state index in [1.165, 1.54) is 10.3 Å². The van der Waals surface area contributed by atoms with E-state index in [2.05, 4.69) is 49.0 Å². The summed E-state index contributed by atoms with van der Waals surface area (Å²) in [5.41, 5.74) is 2.35. The number of piperidine rings is 1. The number of hydrogen-bond acceptors (Lipinski definition) is 6. The van der Waals surface area contributed by atoms with E-state index in [0.717, 1.165) is 50.2 Å². The van der Waals surface area contributed by atoms with E-state index in [1.807, 2.05) is 18.7 Å². The molecule has 0 spiro atoms. The van der Waals surface area contributed by atoms with Crippen molar-refractivity contribution in [2.75, 3.05) is 18.0 Å². The molecule has 1 aliphatic heterocycles. The molecule has 4 rings (SSSR count). The van der Waals surface area contributed by atoms with Crippen LogP contribution in [0.15, 0.2) is 30.4 Å². The first-order chi connectivity index (χ1) is 12.7. The van der Waals surface area contributed by atoms with Crippen LogP contribution in [0.2, 0.25) is 0 Å². The van der Waals surface area contributed by atoms with Crippen LogP contribution in [0, 0.1) is 6.92 Å². The maximum Gasteiger partial charge on any atom is 0.150 e. The van der Waals surface area contributed by atoms with Crippen LogP contribution in [0.5, 0.6) is 0 Å². The van der Waals surface area contributed by atoms with Crippen molar-refractivity contribution in [3.63, 3.8) is 0 Å². The number of imidazole rings is 1. The molecular formula is C19H26N6S. The maximum absolute atomic E-state index is 4.59. The lowest BCUT2D eigenvalue weighted by atomic mass is 10.0. The zero-order valence-corrected chi connectivity index (χ0v) is 16.2. The quantitative estimate of drug-likeness (QED) is 0.722. The normalized spacial score (nSPS) is 17.1. The van der Waals surface area contributed by atoms with Crippen LogP contribution in [0.25, 0.3) is 10.2 Å². The standard InChI is InChI=1S/C19H26N6S/c1-3-15(10-24-9-6-20-13-24)23-16-4-7-25(8-5-16)19-18-17(21-12-22-19)14(2)11-26-18/h6,9,11-13,15-16,23H,3-5,7-8,10H2,1-2H3/t15-/m1/s1. The number of thiophene rings is 1. The molecule has 6 nitrogen and oxygen atoms in total. The number of anilines is 1. The molecule has 1 fully saturated rings. The first-order valence-electron chi connectivity index (χ1n) is 9.40. The molecule has 4 heterocycles. The van der Waals surface area contributed by atoms with Crippen molar-refractivity contribution in [3.8, 4) is 0 Å². The second-order valence-electron chi connectivity index (χ2n) is 7.09. The van der Waals surface area contributed by atoms with Crippen molar-refractivity contribution in [1.82, 2.24) is 24.8 Å². The molecule has 26 heavy (non-hydrogen) atoms. The zero-order chi connectivity index (χ0) is 17.9. The van der Waals surface area contributed by atoms with Gasteiger partial charge in [0.15, 0.2) is 0 Å². The van der Waals surface area contributed by atoms with E-state index in [-0.39, 0.29) is 0 Å². The fraction of sp³-hybridized carbons (Fsp3) is 0.526. The summed E-state index contributed by atoms with van der Waals surface area (Å²) in [6.07, 6.45) is 10.9. The minimum Gasteiger partial charge on any atom is -0.355 e. The van der Waals surface area contributed by atoms with E-state index in [1.54, 1.807) is 17.7 Å². The smallest absolute Gasteiger partial charge is 0.150 e. The van der Waals surface area contributed by atoms with Gasteiger partial charge < -0.3 is 14.8 Å². The van der Waals surface area contributed by atoms with Gasteiger partial charge in [-0.1, -0.05) is 6.92 Å². The molecule has 1 saturated heterocycles. The number of nitrogens with zero attached hydrogens (tertiary/aromatic N) is 5. The average Bonchev–Trinajstić information content (AvgIpc) is 3.32. The van der Waals surface area contributed by atoms with E-state index >= 15 is 0 Å². The molecule has 7 heteroatoms. The Labute approximate surface area is 158 Å². The van der Waals surface area contributed by atoms with Gasteiger partial charge in [0.25, 0.3) is 0 Å². The van der Waals surface area contributed by atoms with Gasteiger partial charge in [-0.05, 0) is 37.1 Å². The molecule has 1 atom stereocenters. The third-order valence-electron chi connectivity index (χ3n) is 5.26. The molecule has 0 unspecified atom stereocenters. The van der Waals surface area contributed by atoms with Crippen molar-refractivity contribution in [1.29, 1.82) is 0 Å². The first-order valence-corrected chi connectivity index (χ1v) is 10.3. The van der Waals surface area contributed by atoms with Crippen molar-refractivity contribution < 1.29 is 0 Å². The SMILES string of the molecule is CC[C@H](Cn1ccnc1)NC1CCN(c2ncnc3c(C)csc23)CC1. The summed E-state index contributed by atoms with van der Waals surface area (Å²) < 4.78 is 3.38. The Balaban J connectivity index is 1.37. The van der Waals surface area contributed by atoms with Crippen molar-refractivity contribution in [2.45, 2.75) is 51.7 Å². The van der Waals surface area contributed by atoms with E-state index in [9.17, 15) is 0 Å². The van der Waals surface area contributed by atoms with Crippen LogP contribution in [-0.2, 0) is 6.54 Å². The molecule has 3 aromatic heterocycles. The van der Waals surface area contributed by atoms with Gasteiger partial charge in [0.1, 0.15) is 12.1 Å². The predicted octanol–water partition coefficient (Wildman–Crippen LogP) is 3.23. The molecule has 3 aromatic rings. The third kappa shape index (κ3) is 3.59. The summed E-state index contributed by atoms with van der Waals surface area (Å²) >= 11 is 1.76. The Morgan fingerprint density at radius 3 is 2.88 bits per heavy atom. The van der Waals surface area contributed by atoms with Gasteiger partial charge in [-0.25, -0.2) is 15.0 Å². The topological polar surface area (TPSA) is 58.9 Å². The van der Waals surface area contributed by atoms with Crippen molar-refractivity contribution in [2.24, 2.45) is 0 Å². The molecule has 0 bridgehead atoms. The van der Waals surface area contributed by atoms with E-state index in [0.29, 0.717) is 12.1 Å². The lowest BCUT2D eigenvalue weighted by molar-refractivity contribution is 0.336. The Bertz CT molecular complexity index is 835. The van der Waals surface area contributed by atoms with Crippen LogP contribution in [0.4, 0.5) is 5.82 Å². The fourth-order valence-corrected chi connectivity index (χ4v) is 4.74. The van der Waals surface area contributed by atoms with E-state index in [4.69, 9.17) is 0 Å². The van der Waals surface area contributed by atoms with Gasteiger partial charge in [0, 0.05) is 44.1 Å². The Morgan fingerprint density at radius 2 is 2.15 bits per heavy atom. The van der Waals surface area contributed by atoms with Crippen molar-refractivity contribution >= 4 is 27.4 Å². The van der Waals surface area contributed by atoms with Gasteiger partial charge in [0.05, 0.1) is 16.5 Å². The third-order valence-corrected chi connectivity index (χ3v) is 6.34. The molecule has 1 aliphatic rings. The predicted molar refractivity (Wildman–Crippen MR) is 107 cm³/mol. The molecule has 0 aliphatic carbocycles. The molecule has 0 aromatic carbocycles. The van der Waals surface area contributed by atoms with Crippen LogP contribution in [-0.4, -0.2) is 44.7 Å². The van der Waals surface area contributed by atoms with Crippen molar-refractivity contribution in [3.05, 3.63) is 36.0 Å². The first kappa shape index (κ1) is 17.4. The highest BCUT2D eigenvalue weighted by Gasteiger charge is 2.24. The molecular weight excluding hydrogens is 344 g/mol. The molecule has 0 radical (unpaired) electrons. The van der Waals surface area contributed by atoms with Gasteiger partial charge in [-0.2, -0.15) is 0 Å². The minimum absolute atomic E-state index is 0.492. The highest BCUT2D eigenvalue weighted by molar-refractivity contribution is 7.18. The lowest BCUT2D eigenvalue weighted by Gasteiger charge is -2.35. The molecule has 0 amide bonds. The number of hydrogen-bond donors (Lipinski definition) is 1. The Kier molecular flexibility index (Phi) is 5.17. The van der Waals surface area contributed by atoms with Gasteiger partial charge >= 0.3 is 0 Å². The Morgan fingerprint density at radius 1 is 1.31 bits per heavy atom. The summed E-state index contributed by atoms with van der Waals surface area (Å²) in [4.78, 5) is 15.6. The highest BCUT2D eigenvalue weighted by Crippen LogP contribution is 2.32. The van der Waals surface area contributed by atoms with Gasteiger partial charge in [-0.3, -0.25) is 0 Å². The molecule has 1 N–H and O–H groups in total. The second kappa shape index (κ2) is 7.72. The minimum atomic E-state index is 0.492. The van der Waals surface area contributed by atoms with Crippen LogP contribution < -0.4 is 10.2 Å². The monoisotopic (exact) mass is 370 g/mol. The second-order valence-corrected chi connectivity index (χ2v) is 7.97. The van der Waals surface area contributed by atoms with E-state index < -0.39 is 0 Å². The zero-order valence-electron chi connectivity index (χ0n) is 15.4. The average molecular weight is 371 g/mol. The highest BCUT2D eigenvalue weighted by atomic mass is 32.1. The fourth-order valence-electron chi connectivity index (χ4n) is 3.72. The number of aryl methyl sites for hydroxylation is 1. The lowest BCUT2D eigenvalue weighted by Crippen LogP contribution is -2.47. The van der Waals surface area contributed by atoms with Crippen LogP contribution in [0.1, 0.15) is 31.7 Å². The van der Waals surface area contributed by atoms with Crippen LogP contribution in [0.3, 0.4) is 0 Å². The number of aromatic nitrogens is 4. The van der Waals surface area contributed by atoms with Crippen LogP contribution >= 0.6 is 11.3 Å². The summed E-state index contributed by atoms with van der Waals surface area (Å²) in [6, 6.07) is 1.06.